The number of hydrogen-bond acceptors (Lipinski definition) is 5. The molecule has 4 atom stereocenters. The molecular formula is C10H21NO4. The molecule has 0 radical (unpaired) electrons. The molecule has 1 aliphatic rings. The number of nitrogens with zero attached hydrogens (tertiary/aromatic N) is 1. The maximum atomic E-state index is 9.67. The van der Waals surface area contributed by atoms with Gasteiger partial charge in [0.2, 0.25) is 0 Å². The first-order valence-corrected chi connectivity index (χ1v) is 5.51. The van der Waals surface area contributed by atoms with Crippen LogP contribution in [0, 0.1) is 0 Å². The fourth-order valence-electron chi connectivity index (χ4n) is 2.00. The molecule has 1 saturated heterocycles. The minimum atomic E-state index is -1.15. The fraction of sp³-hybridized carbons (Fsp3) is 1.00. The number of piperidine rings is 1. The van der Waals surface area contributed by atoms with E-state index in [4.69, 9.17) is 5.11 Å². The largest absolute Gasteiger partial charge is 0.395 e. The van der Waals surface area contributed by atoms with Gasteiger partial charge in [0.1, 0.15) is 12.2 Å². The van der Waals surface area contributed by atoms with Crippen LogP contribution in [0.25, 0.3) is 0 Å². The van der Waals surface area contributed by atoms with Crippen molar-refractivity contribution in [2.24, 2.45) is 0 Å². The molecule has 0 bridgehead atoms. The van der Waals surface area contributed by atoms with Crippen LogP contribution in [-0.4, -0.2) is 69.4 Å². The lowest BCUT2D eigenvalue weighted by Gasteiger charge is -2.43. The molecule has 0 saturated carbocycles. The highest BCUT2D eigenvalue weighted by atomic mass is 16.4. The Morgan fingerprint density at radius 1 is 1.20 bits per heavy atom. The zero-order valence-electron chi connectivity index (χ0n) is 9.08. The highest BCUT2D eigenvalue weighted by molar-refractivity contribution is 4.93. The smallest absolute Gasteiger partial charge is 0.109 e. The van der Waals surface area contributed by atoms with Gasteiger partial charge in [0.05, 0.1) is 18.8 Å². The highest BCUT2D eigenvalue weighted by Crippen LogP contribution is 2.19. The van der Waals surface area contributed by atoms with Crippen LogP contribution in [0.4, 0.5) is 0 Å². The zero-order valence-corrected chi connectivity index (χ0v) is 9.08. The number of unbranched alkanes of at least 4 members (excludes halogenated alkanes) is 1. The minimum Gasteiger partial charge on any atom is -0.395 e. The predicted octanol–water partition coefficient (Wildman–Crippen LogP) is -1.45. The molecule has 4 N–H and O–H groups in total. The van der Waals surface area contributed by atoms with Crippen LogP contribution in [0.2, 0.25) is 0 Å². The summed E-state index contributed by atoms with van der Waals surface area (Å²) >= 11 is 0. The number of aliphatic hydroxyl groups excluding tert-OH is 4. The van der Waals surface area contributed by atoms with Gasteiger partial charge in [-0.1, -0.05) is 13.3 Å². The molecule has 1 aliphatic heterocycles. The van der Waals surface area contributed by atoms with Crippen LogP contribution in [-0.2, 0) is 0 Å². The Kier molecular flexibility index (Phi) is 4.95. The van der Waals surface area contributed by atoms with E-state index in [1.165, 1.54) is 0 Å². The average molecular weight is 219 g/mol. The molecule has 1 rings (SSSR count). The molecule has 5 heteroatoms. The van der Waals surface area contributed by atoms with Gasteiger partial charge in [0.15, 0.2) is 0 Å². The first-order chi connectivity index (χ1) is 7.11. The highest BCUT2D eigenvalue weighted by Gasteiger charge is 2.40. The Bertz CT molecular complexity index is 190. The van der Waals surface area contributed by atoms with Crippen LogP contribution in [0.1, 0.15) is 19.8 Å². The van der Waals surface area contributed by atoms with Crippen LogP contribution in [0.5, 0.6) is 0 Å². The van der Waals surface area contributed by atoms with Crippen LogP contribution in [0.15, 0.2) is 0 Å². The quantitative estimate of drug-likeness (QED) is 0.465. The normalized spacial score (nSPS) is 38.2. The topological polar surface area (TPSA) is 84.2 Å². The molecule has 0 aromatic heterocycles. The van der Waals surface area contributed by atoms with Crippen LogP contribution in [0.3, 0.4) is 0 Å². The first kappa shape index (κ1) is 12.9. The second kappa shape index (κ2) is 5.77. The van der Waals surface area contributed by atoms with E-state index in [-0.39, 0.29) is 6.61 Å². The van der Waals surface area contributed by atoms with Gasteiger partial charge in [-0.2, -0.15) is 0 Å². The third kappa shape index (κ3) is 2.89. The molecule has 0 aliphatic carbocycles. The van der Waals surface area contributed by atoms with Gasteiger partial charge in [-0.15, -0.1) is 0 Å². The van der Waals surface area contributed by atoms with E-state index in [2.05, 4.69) is 6.92 Å². The summed E-state index contributed by atoms with van der Waals surface area (Å²) in [6, 6.07) is -0.463. The standard InChI is InChI=1S/C10H21NO4/c1-2-3-4-11-5-8(13)10(15)9(14)7(11)6-12/h7-10,12-15H,2-6H2,1H3/t7-,8+,9+,10+/m1/s1. The SMILES string of the molecule is CCCCN1C[C@H](O)[C@H](O)[C@@H](O)[C@H]1CO. The number of rotatable bonds is 4. The summed E-state index contributed by atoms with van der Waals surface area (Å²) in [6.07, 6.45) is -1.19. The lowest BCUT2D eigenvalue weighted by molar-refractivity contribution is -0.145. The molecule has 0 spiro atoms. The lowest BCUT2D eigenvalue weighted by Crippen LogP contribution is -2.62. The summed E-state index contributed by atoms with van der Waals surface area (Å²) in [5.74, 6) is 0. The van der Waals surface area contributed by atoms with Gasteiger partial charge in [-0.3, -0.25) is 4.90 Å². The van der Waals surface area contributed by atoms with Gasteiger partial charge < -0.3 is 20.4 Å². The Morgan fingerprint density at radius 3 is 2.40 bits per heavy atom. The maximum absolute atomic E-state index is 9.67. The fourth-order valence-corrected chi connectivity index (χ4v) is 2.00. The molecule has 90 valence electrons. The molecule has 0 aromatic carbocycles. The van der Waals surface area contributed by atoms with Gasteiger partial charge in [-0.05, 0) is 13.0 Å². The van der Waals surface area contributed by atoms with Gasteiger partial charge in [-0.25, -0.2) is 0 Å². The number of aliphatic hydroxyl groups is 4. The Labute approximate surface area is 90.0 Å². The molecule has 1 heterocycles. The third-order valence-electron chi connectivity index (χ3n) is 3.01. The van der Waals surface area contributed by atoms with E-state index in [9.17, 15) is 15.3 Å². The lowest BCUT2D eigenvalue weighted by atomic mass is 9.94. The Balaban J connectivity index is 2.60. The van der Waals surface area contributed by atoms with Gasteiger partial charge >= 0.3 is 0 Å². The predicted molar refractivity (Wildman–Crippen MR) is 55.4 cm³/mol. The van der Waals surface area contributed by atoms with Crippen LogP contribution < -0.4 is 0 Å². The average Bonchev–Trinajstić information content (AvgIpc) is 2.23. The number of likely N-dealkylation sites (tertiary alicyclic amines) is 1. The van der Waals surface area contributed by atoms with Crippen LogP contribution >= 0.6 is 0 Å². The van der Waals surface area contributed by atoms with Crippen molar-refractivity contribution in [2.75, 3.05) is 19.7 Å². The van der Waals surface area contributed by atoms with E-state index < -0.39 is 24.4 Å². The Hall–Kier alpha value is -0.200. The zero-order chi connectivity index (χ0) is 11.4. The minimum absolute atomic E-state index is 0.200. The number of β-amino-alcohol motifs (C(OH)–C–C–N with tert-alkyl or cyclic N) is 1. The van der Waals surface area contributed by atoms with E-state index >= 15 is 0 Å². The van der Waals surface area contributed by atoms with Crippen molar-refractivity contribution in [1.29, 1.82) is 0 Å². The monoisotopic (exact) mass is 219 g/mol. The third-order valence-corrected chi connectivity index (χ3v) is 3.01. The number of hydrogen-bond donors (Lipinski definition) is 4. The molecule has 1 fully saturated rings. The summed E-state index contributed by atoms with van der Waals surface area (Å²) in [5, 5.41) is 37.8. The van der Waals surface area contributed by atoms with E-state index in [1.807, 2.05) is 4.90 Å². The summed E-state index contributed by atoms with van der Waals surface area (Å²) in [6.45, 7) is 2.89. The summed E-state index contributed by atoms with van der Waals surface area (Å²) < 4.78 is 0. The van der Waals surface area contributed by atoms with Crippen molar-refractivity contribution in [3.8, 4) is 0 Å². The van der Waals surface area contributed by atoms with E-state index in [1.54, 1.807) is 0 Å². The molecule has 0 aromatic rings. The second-order valence-corrected chi connectivity index (χ2v) is 4.15. The van der Waals surface area contributed by atoms with Crippen molar-refractivity contribution >= 4 is 0 Å². The first-order valence-electron chi connectivity index (χ1n) is 5.51. The van der Waals surface area contributed by atoms with Crippen molar-refractivity contribution in [3.05, 3.63) is 0 Å². The molecule has 5 nitrogen and oxygen atoms in total. The molecule has 0 amide bonds. The van der Waals surface area contributed by atoms with Gasteiger partial charge in [0.25, 0.3) is 0 Å². The summed E-state index contributed by atoms with van der Waals surface area (Å²) in [4.78, 5) is 1.84. The maximum Gasteiger partial charge on any atom is 0.109 e. The summed E-state index contributed by atoms with van der Waals surface area (Å²) in [5.41, 5.74) is 0. The van der Waals surface area contributed by atoms with Crippen molar-refractivity contribution < 1.29 is 20.4 Å². The molecule has 15 heavy (non-hydrogen) atoms. The summed E-state index contributed by atoms with van der Waals surface area (Å²) in [7, 11) is 0. The van der Waals surface area contributed by atoms with Crippen molar-refractivity contribution in [1.82, 2.24) is 4.90 Å². The van der Waals surface area contributed by atoms with Gasteiger partial charge in [0, 0.05) is 6.54 Å². The molecular weight excluding hydrogens is 198 g/mol. The van der Waals surface area contributed by atoms with Crippen molar-refractivity contribution in [2.45, 2.75) is 44.1 Å². The second-order valence-electron chi connectivity index (χ2n) is 4.15. The Morgan fingerprint density at radius 2 is 1.87 bits per heavy atom. The van der Waals surface area contributed by atoms with E-state index in [0.717, 1.165) is 19.4 Å². The molecule has 0 unspecified atom stereocenters. The van der Waals surface area contributed by atoms with E-state index in [0.29, 0.717) is 6.54 Å². The van der Waals surface area contributed by atoms with Crippen molar-refractivity contribution in [3.63, 3.8) is 0 Å².